The smallest absolute Gasteiger partial charge is 0.237 e. The molecule has 1 aliphatic rings. The molecule has 0 N–H and O–H groups in total. The van der Waals surface area contributed by atoms with E-state index in [0.717, 1.165) is 18.7 Å². The van der Waals surface area contributed by atoms with Gasteiger partial charge < -0.3 is 14.5 Å². The summed E-state index contributed by atoms with van der Waals surface area (Å²) in [6.45, 7) is 2.45. The molecule has 1 aromatic rings. The van der Waals surface area contributed by atoms with Gasteiger partial charge in [0.1, 0.15) is 0 Å². The van der Waals surface area contributed by atoms with Gasteiger partial charge in [-0.1, -0.05) is 0 Å². The Kier molecular flexibility index (Phi) is 4.55. The number of rotatable bonds is 4. The number of hydrogen-bond acceptors (Lipinski definition) is 4. The third-order valence-electron chi connectivity index (χ3n) is 3.38. The lowest BCUT2D eigenvalue weighted by Crippen LogP contribution is -2.45. The summed E-state index contributed by atoms with van der Waals surface area (Å²) in [5, 5.41) is 4.29. The number of aromatic nitrogens is 2. The van der Waals surface area contributed by atoms with E-state index in [0.29, 0.717) is 19.7 Å². The number of carbonyl (C=O) groups excluding carboxylic acids is 1. The molecule has 1 atom stereocenters. The SMILES string of the molecule is COC[C@H]1CCn2nccc2CN1C(=O)CN(C)C. The van der Waals surface area contributed by atoms with E-state index in [9.17, 15) is 4.79 Å². The average molecular weight is 266 g/mol. The van der Waals surface area contributed by atoms with Crippen molar-refractivity contribution in [3.8, 4) is 0 Å². The zero-order valence-corrected chi connectivity index (χ0v) is 11.9. The van der Waals surface area contributed by atoms with E-state index < -0.39 is 0 Å². The fraction of sp³-hybridized carbons (Fsp3) is 0.692. The van der Waals surface area contributed by atoms with Gasteiger partial charge in [0.05, 0.1) is 31.4 Å². The van der Waals surface area contributed by atoms with Gasteiger partial charge in [-0.2, -0.15) is 5.10 Å². The first-order valence-corrected chi connectivity index (χ1v) is 6.55. The van der Waals surface area contributed by atoms with Crippen molar-refractivity contribution >= 4 is 5.91 Å². The van der Waals surface area contributed by atoms with Crippen LogP contribution in [0.25, 0.3) is 0 Å². The second-order valence-corrected chi connectivity index (χ2v) is 5.20. The predicted molar refractivity (Wildman–Crippen MR) is 71.6 cm³/mol. The van der Waals surface area contributed by atoms with Crippen LogP contribution in [-0.4, -0.2) is 65.9 Å². The number of amides is 1. The van der Waals surface area contributed by atoms with Crippen molar-refractivity contribution in [1.29, 1.82) is 0 Å². The minimum atomic E-state index is 0.124. The zero-order valence-electron chi connectivity index (χ0n) is 11.9. The Morgan fingerprint density at radius 1 is 1.58 bits per heavy atom. The van der Waals surface area contributed by atoms with Gasteiger partial charge in [-0.05, 0) is 26.6 Å². The van der Waals surface area contributed by atoms with E-state index in [1.54, 1.807) is 13.3 Å². The van der Waals surface area contributed by atoms with Crippen molar-refractivity contribution in [2.75, 3.05) is 34.4 Å². The molecule has 106 valence electrons. The highest BCUT2D eigenvalue weighted by Crippen LogP contribution is 2.17. The molecule has 0 radical (unpaired) electrons. The molecule has 19 heavy (non-hydrogen) atoms. The quantitative estimate of drug-likeness (QED) is 0.781. The van der Waals surface area contributed by atoms with Crippen LogP contribution in [0.1, 0.15) is 12.1 Å². The molecule has 1 aliphatic heterocycles. The molecule has 0 aromatic carbocycles. The van der Waals surface area contributed by atoms with Crippen molar-refractivity contribution in [1.82, 2.24) is 19.6 Å². The van der Waals surface area contributed by atoms with E-state index in [1.807, 2.05) is 34.6 Å². The van der Waals surface area contributed by atoms with Crippen LogP contribution in [0.4, 0.5) is 0 Å². The molecule has 6 nitrogen and oxygen atoms in total. The highest BCUT2D eigenvalue weighted by atomic mass is 16.5. The van der Waals surface area contributed by atoms with Gasteiger partial charge in [-0.3, -0.25) is 9.48 Å². The van der Waals surface area contributed by atoms with E-state index in [4.69, 9.17) is 4.74 Å². The molecule has 0 unspecified atom stereocenters. The molecule has 0 bridgehead atoms. The summed E-state index contributed by atoms with van der Waals surface area (Å²) in [6, 6.07) is 2.10. The number of fused-ring (bicyclic) bond motifs is 1. The van der Waals surface area contributed by atoms with Crippen LogP contribution in [0.3, 0.4) is 0 Å². The Morgan fingerprint density at radius 2 is 2.37 bits per heavy atom. The third-order valence-corrected chi connectivity index (χ3v) is 3.38. The van der Waals surface area contributed by atoms with Crippen molar-refractivity contribution in [2.45, 2.75) is 25.6 Å². The summed E-state index contributed by atoms with van der Waals surface area (Å²) < 4.78 is 7.24. The first-order chi connectivity index (χ1) is 9.11. The lowest BCUT2D eigenvalue weighted by atomic mass is 10.2. The van der Waals surface area contributed by atoms with Gasteiger partial charge >= 0.3 is 0 Å². The minimum absolute atomic E-state index is 0.124. The lowest BCUT2D eigenvalue weighted by Gasteiger charge is -2.30. The predicted octanol–water partition coefficient (Wildman–Crippen LogP) is 0.192. The second-order valence-electron chi connectivity index (χ2n) is 5.20. The minimum Gasteiger partial charge on any atom is -0.383 e. The molecule has 2 rings (SSSR count). The van der Waals surface area contributed by atoms with Crippen LogP contribution in [-0.2, 0) is 22.6 Å². The Balaban J connectivity index is 2.16. The topological polar surface area (TPSA) is 50.6 Å². The van der Waals surface area contributed by atoms with Crippen LogP contribution in [0.15, 0.2) is 12.3 Å². The molecule has 0 saturated heterocycles. The number of hydrogen-bond donors (Lipinski definition) is 0. The monoisotopic (exact) mass is 266 g/mol. The van der Waals surface area contributed by atoms with Crippen molar-refractivity contribution in [2.24, 2.45) is 0 Å². The Morgan fingerprint density at radius 3 is 3.05 bits per heavy atom. The van der Waals surface area contributed by atoms with E-state index in [2.05, 4.69) is 5.10 Å². The van der Waals surface area contributed by atoms with Crippen LogP contribution >= 0.6 is 0 Å². The molecule has 1 amide bonds. The number of likely N-dealkylation sites (N-methyl/N-ethyl adjacent to an activating group) is 1. The van der Waals surface area contributed by atoms with Crippen LogP contribution in [0.2, 0.25) is 0 Å². The lowest BCUT2D eigenvalue weighted by molar-refractivity contribution is -0.136. The third kappa shape index (κ3) is 3.33. The maximum atomic E-state index is 12.4. The Hall–Kier alpha value is -1.40. The van der Waals surface area contributed by atoms with Crippen molar-refractivity contribution < 1.29 is 9.53 Å². The summed E-state index contributed by atoms with van der Waals surface area (Å²) in [7, 11) is 5.49. The molecule has 2 heterocycles. The number of nitrogens with zero attached hydrogens (tertiary/aromatic N) is 4. The summed E-state index contributed by atoms with van der Waals surface area (Å²) in [5.41, 5.74) is 1.09. The second kappa shape index (κ2) is 6.16. The van der Waals surface area contributed by atoms with Crippen LogP contribution in [0, 0.1) is 0 Å². The molecule has 1 aromatic heterocycles. The van der Waals surface area contributed by atoms with E-state index >= 15 is 0 Å². The van der Waals surface area contributed by atoms with E-state index in [-0.39, 0.29) is 11.9 Å². The summed E-state index contributed by atoms with van der Waals surface area (Å²) >= 11 is 0. The maximum absolute atomic E-state index is 12.4. The van der Waals surface area contributed by atoms with Crippen LogP contribution < -0.4 is 0 Å². The number of aryl methyl sites for hydroxylation is 1. The first kappa shape index (κ1) is 14.0. The molecule has 6 heteroatoms. The Labute approximate surface area is 113 Å². The highest BCUT2D eigenvalue weighted by Gasteiger charge is 2.27. The summed E-state index contributed by atoms with van der Waals surface area (Å²) in [4.78, 5) is 16.2. The standard InChI is InChI=1S/C13H22N4O2/c1-15(2)9-13(18)16-8-11-4-6-14-17(11)7-5-12(16)10-19-3/h4,6,12H,5,7-10H2,1-3H3/t12-/m1/s1. The molecular formula is C13H22N4O2. The fourth-order valence-electron chi connectivity index (χ4n) is 2.45. The number of ether oxygens (including phenoxy) is 1. The summed E-state index contributed by atoms with van der Waals surface area (Å²) in [6.07, 6.45) is 2.67. The van der Waals surface area contributed by atoms with Gasteiger partial charge in [-0.15, -0.1) is 0 Å². The molecule has 0 aliphatic carbocycles. The Bertz CT molecular complexity index is 430. The highest BCUT2D eigenvalue weighted by molar-refractivity contribution is 5.78. The van der Waals surface area contributed by atoms with Gasteiger partial charge in [0.15, 0.2) is 0 Å². The number of carbonyl (C=O) groups is 1. The number of methoxy groups -OCH3 is 1. The molecule has 0 fully saturated rings. The fourth-order valence-corrected chi connectivity index (χ4v) is 2.45. The molecule has 0 spiro atoms. The summed E-state index contributed by atoms with van der Waals surface area (Å²) in [5.74, 6) is 0.140. The van der Waals surface area contributed by atoms with Crippen molar-refractivity contribution in [3.63, 3.8) is 0 Å². The van der Waals surface area contributed by atoms with E-state index in [1.165, 1.54) is 0 Å². The van der Waals surface area contributed by atoms with Crippen LogP contribution in [0.5, 0.6) is 0 Å². The normalized spacial score (nSPS) is 19.4. The van der Waals surface area contributed by atoms with Gasteiger partial charge in [0.2, 0.25) is 5.91 Å². The maximum Gasteiger partial charge on any atom is 0.237 e. The van der Waals surface area contributed by atoms with Gasteiger partial charge in [0, 0.05) is 19.9 Å². The van der Waals surface area contributed by atoms with Gasteiger partial charge in [-0.25, -0.2) is 0 Å². The largest absolute Gasteiger partial charge is 0.383 e. The van der Waals surface area contributed by atoms with Gasteiger partial charge in [0.25, 0.3) is 0 Å². The first-order valence-electron chi connectivity index (χ1n) is 6.55. The average Bonchev–Trinajstić information content (AvgIpc) is 2.71. The molecular weight excluding hydrogens is 244 g/mol. The molecule has 0 saturated carbocycles. The van der Waals surface area contributed by atoms with Crippen molar-refractivity contribution in [3.05, 3.63) is 18.0 Å². The zero-order chi connectivity index (χ0) is 13.8.